The molecule has 1 atom stereocenters. The molecule has 0 unspecified atom stereocenters. The molecule has 28 heavy (non-hydrogen) atoms. The van der Waals surface area contributed by atoms with Gasteiger partial charge < -0.3 is 15.0 Å². The zero-order valence-corrected chi connectivity index (χ0v) is 16.2. The van der Waals surface area contributed by atoms with Crippen LogP contribution in [-0.2, 0) is 22.7 Å². The molecule has 3 rings (SSSR count). The van der Waals surface area contributed by atoms with Crippen LogP contribution in [0, 0.1) is 0 Å². The van der Waals surface area contributed by atoms with Gasteiger partial charge in [0.1, 0.15) is 12.6 Å². The molecule has 1 saturated heterocycles. The Balaban J connectivity index is 1.39. The van der Waals surface area contributed by atoms with Gasteiger partial charge in [0.2, 0.25) is 5.91 Å². The highest BCUT2D eigenvalue weighted by Gasteiger charge is 2.26. The van der Waals surface area contributed by atoms with Crippen LogP contribution in [0.2, 0.25) is 0 Å². The number of amides is 2. The van der Waals surface area contributed by atoms with Crippen LogP contribution in [0.3, 0.4) is 0 Å². The van der Waals surface area contributed by atoms with Crippen LogP contribution in [0.1, 0.15) is 18.1 Å². The Hall–Kier alpha value is -2.86. The minimum Gasteiger partial charge on any atom is -0.445 e. The Morgan fingerprint density at radius 1 is 0.929 bits per heavy atom. The first-order chi connectivity index (χ1) is 13.6. The monoisotopic (exact) mass is 381 g/mol. The number of alkyl carbamates (subject to hydrolysis) is 1. The van der Waals surface area contributed by atoms with Gasteiger partial charge in [-0.3, -0.25) is 9.69 Å². The number of piperazine rings is 1. The Kier molecular flexibility index (Phi) is 7.03. The summed E-state index contributed by atoms with van der Waals surface area (Å²) in [6.45, 7) is 5.75. The number of carbonyl (C=O) groups excluding carboxylic acids is 2. The van der Waals surface area contributed by atoms with E-state index in [2.05, 4.69) is 22.3 Å². The summed E-state index contributed by atoms with van der Waals surface area (Å²) in [6, 6.07) is 19.2. The average molecular weight is 381 g/mol. The van der Waals surface area contributed by atoms with E-state index in [0.29, 0.717) is 13.1 Å². The van der Waals surface area contributed by atoms with Crippen molar-refractivity contribution < 1.29 is 14.3 Å². The largest absolute Gasteiger partial charge is 0.445 e. The number of carbonyl (C=O) groups is 2. The van der Waals surface area contributed by atoms with E-state index in [9.17, 15) is 9.59 Å². The van der Waals surface area contributed by atoms with Crippen LogP contribution < -0.4 is 5.32 Å². The molecule has 2 aromatic carbocycles. The van der Waals surface area contributed by atoms with E-state index in [1.807, 2.05) is 53.4 Å². The maximum absolute atomic E-state index is 12.6. The van der Waals surface area contributed by atoms with Crippen molar-refractivity contribution in [3.05, 3.63) is 71.8 Å². The van der Waals surface area contributed by atoms with E-state index < -0.39 is 12.1 Å². The molecule has 1 aliphatic heterocycles. The topological polar surface area (TPSA) is 61.9 Å². The van der Waals surface area contributed by atoms with Gasteiger partial charge in [-0.25, -0.2) is 4.79 Å². The van der Waals surface area contributed by atoms with Crippen LogP contribution >= 0.6 is 0 Å². The summed E-state index contributed by atoms with van der Waals surface area (Å²) in [5, 5.41) is 2.63. The highest BCUT2D eigenvalue weighted by atomic mass is 16.5. The summed E-state index contributed by atoms with van der Waals surface area (Å²) in [4.78, 5) is 28.7. The molecule has 1 N–H and O–H groups in total. The van der Waals surface area contributed by atoms with Gasteiger partial charge >= 0.3 is 6.09 Å². The molecule has 6 nitrogen and oxygen atoms in total. The Bertz CT molecular complexity index is 759. The van der Waals surface area contributed by atoms with E-state index in [1.165, 1.54) is 5.56 Å². The smallest absolute Gasteiger partial charge is 0.408 e. The zero-order valence-electron chi connectivity index (χ0n) is 16.2. The fourth-order valence-electron chi connectivity index (χ4n) is 3.25. The van der Waals surface area contributed by atoms with Crippen molar-refractivity contribution in [1.82, 2.24) is 15.1 Å². The third-order valence-electron chi connectivity index (χ3n) is 4.85. The predicted molar refractivity (Wildman–Crippen MR) is 108 cm³/mol. The molecule has 1 fully saturated rings. The van der Waals surface area contributed by atoms with Crippen molar-refractivity contribution in [2.45, 2.75) is 26.1 Å². The van der Waals surface area contributed by atoms with Crippen LogP contribution in [-0.4, -0.2) is 54.0 Å². The SMILES string of the molecule is C[C@H](NC(=O)OCc1ccccc1)C(=O)N1CCN(Cc2ccccc2)CC1. The average Bonchev–Trinajstić information content (AvgIpc) is 2.74. The number of hydrogen-bond donors (Lipinski definition) is 1. The molecule has 6 heteroatoms. The molecule has 0 aliphatic carbocycles. The number of ether oxygens (including phenoxy) is 1. The fraction of sp³-hybridized carbons (Fsp3) is 0.364. The second kappa shape index (κ2) is 9.90. The van der Waals surface area contributed by atoms with Crippen LogP contribution in [0.5, 0.6) is 0 Å². The lowest BCUT2D eigenvalue weighted by Crippen LogP contribution is -2.53. The third kappa shape index (κ3) is 5.82. The quantitative estimate of drug-likeness (QED) is 0.836. The predicted octanol–water partition coefficient (Wildman–Crippen LogP) is 2.65. The van der Waals surface area contributed by atoms with Crippen LogP contribution in [0.4, 0.5) is 4.79 Å². The minimum absolute atomic E-state index is 0.0731. The first-order valence-corrected chi connectivity index (χ1v) is 9.64. The maximum atomic E-state index is 12.6. The highest BCUT2D eigenvalue weighted by molar-refractivity contribution is 5.85. The van der Waals surface area contributed by atoms with E-state index >= 15 is 0 Å². The molecule has 0 bridgehead atoms. The zero-order chi connectivity index (χ0) is 19.8. The van der Waals surface area contributed by atoms with Gasteiger partial charge in [0, 0.05) is 32.7 Å². The fourth-order valence-corrected chi connectivity index (χ4v) is 3.25. The molecule has 0 aromatic heterocycles. The summed E-state index contributed by atoms with van der Waals surface area (Å²) >= 11 is 0. The molecule has 148 valence electrons. The molecule has 2 aromatic rings. The minimum atomic E-state index is -0.607. The van der Waals surface area contributed by atoms with E-state index in [0.717, 1.165) is 25.2 Å². The molecule has 0 saturated carbocycles. The summed E-state index contributed by atoms with van der Waals surface area (Å²) in [5.74, 6) is -0.0731. The molecule has 0 spiro atoms. The van der Waals surface area contributed by atoms with Crippen LogP contribution in [0.15, 0.2) is 60.7 Å². The summed E-state index contributed by atoms with van der Waals surface area (Å²) in [5.41, 5.74) is 2.18. The van der Waals surface area contributed by atoms with Crippen molar-refractivity contribution in [3.8, 4) is 0 Å². The summed E-state index contributed by atoms with van der Waals surface area (Å²) in [6.07, 6.45) is -0.576. The lowest BCUT2D eigenvalue weighted by Gasteiger charge is -2.36. The van der Waals surface area contributed by atoms with Gasteiger partial charge in [0.25, 0.3) is 0 Å². The first kappa shape index (κ1) is 19.9. The second-order valence-electron chi connectivity index (χ2n) is 7.01. The van der Waals surface area contributed by atoms with Gasteiger partial charge in [0.15, 0.2) is 0 Å². The molecule has 0 radical (unpaired) electrons. The Labute approximate surface area is 166 Å². The Morgan fingerprint density at radius 3 is 2.11 bits per heavy atom. The van der Waals surface area contributed by atoms with Gasteiger partial charge in [0.05, 0.1) is 0 Å². The Morgan fingerprint density at radius 2 is 1.50 bits per heavy atom. The van der Waals surface area contributed by atoms with Crippen molar-refractivity contribution in [2.24, 2.45) is 0 Å². The molecule has 2 amide bonds. The van der Waals surface area contributed by atoms with Crippen molar-refractivity contribution >= 4 is 12.0 Å². The second-order valence-corrected chi connectivity index (χ2v) is 7.01. The highest BCUT2D eigenvalue weighted by Crippen LogP contribution is 2.09. The van der Waals surface area contributed by atoms with E-state index in [-0.39, 0.29) is 12.5 Å². The lowest BCUT2D eigenvalue weighted by molar-refractivity contribution is -0.134. The molecular formula is C22H27N3O3. The van der Waals surface area contributed by atoms with Crippen molar-refractivity contribution in [1.29, 1.82) is 0 Å². The number of rotatable bonds is 6. The van der Waals surface area contributed by atoms with E-state index in [4.69, 9.17) is 4.74 Å². The summed E-state index contributed by atoms with van der Waals surface area (Å²) < 4.78 is 5.19. The van der Waals surface area contributed by atoms with Gasteiger partial charge in [-0.05, 0) is 18.1 Å². The third-order valence-corrected chi connectivity index (χ3v) is 4.85. The maximum Gasteiger partial charge on any atom is 0.408 e. The number of nitrogens with zero attached hydrogens (tertiary/aromatic N) is 2. The molecule has 1 aliphatic rings. The van der Waals surface area contributed by atoms with Crippen molar-refractivity contribution in [2.75, 3.05) is 26.2 Å². The molecule has 1 heterocycles. The first-order valence-electron chi connectivity index (χ1n) is 9.64. The summed E-state index contributed by atoms with van der Waals surface area (Å²) in [7, 11) is 0. The van der Waals surface area contributed by atoms with Gasteiger partial charge in [-0.1, -0.05) is 60.7 Å². The number of benzene rings is 2. The van der Waals surface area contributed by atoms with Gasteiger partial charge in [-0.15, -0.1) is 0 Å². The normalized spacial score (nSPS) is 15.7. The number of hydrogen-bond acceptors (Lipinski definition) is 4. The van der Waals surface area contributed by atoms with E-state index in [1.54, 1.807) is 6.92 Å². The number of nitrogens with one attached hydrogen (secondary N) is 1. The lowest BCUT2D eigenvalue weighted by atomic mass is 10.2. The van der Waals surface area contributed by atoms with Crippen molar-refractivity contribution in [3.63, 3.8) is 0 Å². The molecular weight excluding hydrogens is 354 g/mol. The van der Waals surface area contributed by atoms with Gasteiger partial charge in [-0.2, -0.15) is 0 Å². The van der Waals surface area contributed by atoms with Crippen LogP contribution in [0.25, 0.3) is 0 Å². The standard InChI is InChI=1S/C22H27N3O3/c1-18(23-22(27)28-17-20-10-6-3-7-11-20)21(26)25-14-12-24(13-15-25)16-19-8-4-2-5-9-19/h2-11,18H,12-17H2,1H3,(H,23,27)/t18-/m0/s1.